The highest BCUT2D eigenvalue weighted by molar-refractivity contribution is 5.99. The molecule has 7 nitrogen and oxygen atoms in total. The predicted molar refractivity (Wildman–Crippen MR) is 132 cm³/mol. The molecule has 7 heteroatoms. The minimum absolute atomic E-state index is 0.0816. The van der Waals surface area contributed by atoms with Crippen LogP contribution in [0.1, 0.15) is 56.8 Å². The number of amides is 3. The van der Waals surface area contributed by atoms with Gasteiger partial charge < -0.3 is 20.3 Å². The fraction of sp³-hybridized carbons (Fsp3) is 0.444. The minimum atomic E-state index is -0.830. The molecular weight excluding hydrogens is 430 g/mol. The van der Waals surface area contributed by atoms with Crippen LogP contribution in [0.25, 0.3) is 0 Å². The molecule has 3 atom stereocenters. The Morgan fingerprint density at radius 2 is 1.62 bits per heavy atom. The van der Waals surface area contributed by atoms with E-state index in [4.69, 9.17) is 4.74 Å². The highest BCUT2D eigenvalue weighted by Crippen LogP contribution is 2.40. The Labute approximate surface area is 201 Å². The van der Waals surface area contributed by atoms with E-state index in [9.17, 15) is 14.4 Å². The van der Waals surface area contributed by atoms with E-state index in [2.05, 4.69) is 17.6 Å². The van der Waals surface area contributed by atoms with Crippen LogP contribution in [0.2, 0.25) is 0 Å². The number of benzene rings is 2. The lowest BCUT2D eigenvalue weighted by Gasteiger charge is -2.32. The molecular formula is C27H35N3O4. The van der Waals surface area contributed by atoms with Gasteiger partial charge in [0.25, 0.3) is 5.91 Å². The summed E-state index contributed by atoms with van der Waals surface area (Å²) in [5, 5.41) is 5.61. The van der Waals surface area contributed by atoms with Gasteiger partial charge in [-0.1, -0.05) is 55.5 Å². The lowest BCUT2D eigenvalue weighted by atomic mass is 10.0. The Hall–Kier alpha value is -3.35. The molecule has 3 rings (SSSR count). The molecule has 2 aromatic rings. The van der Waals surface area contributed by atoms with Gasteiger partial charge in [-0.25, -0.2) is 4.79 Å². The molecule has 3 unspecified atom stereocenters. The number of hydrogen-bond acceptors (Lipinski definition) is 4. The third kappa shape index (κ3) is 6.37. The fourth-order valence-electron chi connectivity index (χ4n) is 4.04. The summed E-state index contributed by atoms with van der Waals surface area (Å²) in [6.07, 6.45) is 0.138. The maximum atomic E-state index is 13.7. The SMILES string of the molecule is Cc1cccc(C)c1NC(=O)C(c1ccccc1)N(C(=O)CNC(=O)OC(C)(C)C)C1CC1C. The molecule has 0 saturated heterocycles. The van der Waals surface area contributed by atoms with Crippen LogP contribution in [0.15, 0.2) is 48.5 Å². The largest absolute Gasteiger partial charge is 0.444 e. The third-order valence-corrected chi connectivity index (χ3v) is 5.87. The molecule has 2 aromatic carbocycles. The number of nitrogens with zero attached hydrogens (tertiary/aromatic N) is 1. The number of para-hydroxylation sites is 1. The zero-order valence-corrected chi connectivity index (χ0v) is 20.8. The van der Waals surface area contributed by atoms with Crippen molar-refractivity contribution in [2.75, 3.05) is 11.9 Å². The second-order valence-electron chi connectivity index (χ2n) is 10.0. The van der Waals surface area contributed by atoms with Crippen molar-refractivity contribution >= 4 is 23.6 Å². The predicted octanol–water partition coefficient (Wildman–Crippen LogP) is 4.74. The molecule has 0 heterocycles. The Kier molecular flexibility index (Phi) is 7.64. The van der Waals surface area contributed by atoms with E-state index in [1.807, 2.05) is 62.4 Å². The summed E-state index contributed by atoms with van der Waals surface area (Å²) in [5.41, 5.74) is 2.69. The van der Waals surface area contributed by atoms with E-state index in [1.54, 1.807) is 25.7 Å². The first kappa shape index (κ1) is 25.3. The van der Waals surface area contributed by atoms with E-state index in [-0.39, 0.29) is 30.3 Å². The number of rotatable bonds is 7. The molecule has 1 aliphatic carbocycles. The second-order valence-corrected chi connectivity index (χ2v) is 10.0. The van der Waals surface area contributed by atoms with Gasteiger partial charge >= 0.3 is 6.09 Å². The molecule has 182 valence electrons. The van der Waals surface area contributed by atoms with E-state index in [0.717, 1.165) is 28.8 Å². The van der Waals surface area contributed by atoms with Crippen molar-refractivity contribution in [2.45, 2.75) is 65.6 Å². The number of alkyl carbamates (subject to hydrolysis) is 1. The summed E-state index contributed by atoms with van der Waals surface area (Å²) in [6, 6.07) is 14.2. The van der Waals surface area contributed by atoms with Crippen LogP contribution in [0.5, 0.6) is 0 Å². The van der Waals surface area contributed by atoms with Gasteiger partial charge in [-0.2, -0.15) is 0 Å². The number of carbonyl (C=O) groups is 3. The number of nitrogens with one attached hydrogen (secondary N) is 2. The van der Waals surface area contributed by atoms with Gasteiger partial charge in [-0.3, -0.25) is 9.59 Å². The first-order valence-corrected chi connectivity index (χ1v) is 11.7. The highest BCUT2D eigenvalue weighted by atomic mass is 16.6. The molecule has 0 radical (unpaired) electrons. The van der Waals surface area contributed by atoms with Crippen LogP contribution in [-0.4, -0.2) is 41.0 Å². The fourth-order valence-corrected chi connectivity index (χ4v) is 4.04. The lowest BCUT2D eigenvalue weighted by molar-refractivity contribution is -0.139. The van der Waals surface area contributed by atoms with Crippen LogP contribution in [0.3, 0.4) is 0 Å². The van der Waals surface area contributed by atoms with Gasteiger partial charge in [-0.15, -0.1) is 0 Å². The van der Waals surface area contributed by atoms with Gasteiger partial charge in [-0.05, 0) is 63.6 Å². The van der Waals surface area contributed by atoms with Crippen LogP contribution < -0.4 is 10.6 Å². The molecule has 1 fully saturated rings. The van der Waals surface area contributed by atoms with E-state index in [1.165, 1.54) is 0 Å². The van der Waals surface area contributed by atoms with Crippen LogP contribution >= 0.6 is 0 Å². The summed E-state index contributed by atoms with van der Waals surface area (Å²) >= 11 is 0. The Morgan fingerprint density at radius 3 is 2.15 bits per heavy atom. The zero-order valence-electron chi connectivity index (χ0n) is 20.8. The van der Waals surface area contributed by atoms with Crippen molar-refractivity contribution in [1.29, 1.82) is 0 Å². The highest BCUT2D eigenvalue weighted by Gasteiger charge is 2.46. The lowest BCUT2D eigenvalue weighted by Crippen LogP contribution is -2.48. The number of carbonyl (C=O) groups excluding carboxylic acids is 3. The van der Waals surface area contributed by atoms with Crippen molar-refractivity contribution in [2.24, 2.45) is 5.92 Å². The zero-order chi connectivity index (χ0) is 25.0. The summed E-state index contributed by atoms with van der Waals surface area (Å²) in [5.74, 6) is -0.344. The first-order chi connectivity index (χ1) is 16.0. The van der Waals surface area contributed by atoms with Crippen LogP contribution in [0.4, 0.5) is 10.5 Å². The average Bonchev–Trinajstić information content (AvgIpc) is 3.48. The minimum Gasteiger partial charge on any atom is -0.444 e. The number of aryl methyl sites for hydroxylation is 2. The Morgan fingerprint density at radius 1 is 1.03 bits per heavy atom. The van der Waals surface area contributed by atoms with Gasteiger partial charge in [0.05, 0.1) is 0 Å². The van der Waals surface area contributed by atoms with Crippen LogP contribution in [0, 0.1) is 19.8 Å². The molecule has 2 N–H and O–H groups in total. The van der Waals surface area contributed by atoms with Gasteiger partial charge in [0.1, 0.15) is 18.2 Å². The molecule has 34 heavy (non-hydrogen) atoms. The topological polar surface area (TPSA) is 87.7 Å². The second kappa shape index (κ2) is 10.3. The molecule has 0 aromatic heterocycles. The van der Waals surface area contributed by atoms with Crippen molar-refractivity contribution in [1.82, 2.24) is 10.2 Å². The standard InChI is InChI=1S/C27H35N3O4/c1-17-11-10-12-18(2)23(17)29-25(32)24(20-13-8-7-9-14-20)30(21-15-19(21)3)22(31)16-28-26(33)34-27(4,5)6/h7-14,19,21,24H,15-16H2,1-6H3,(H,28,33)(H,29,32). The normalized spacial score (nSPS) is 17.9. The maximum absolute atomic E-state index is 13.7. The van der Waals surface area contributed by atoms with Gasteiger partial charge in [0.2, 0.25) is 5.91 Å². The van der Waals surface area contributed by atoms with E-state index >= 15 is 0 Å². The quantitative estimate of drug-likeness (QED) is 0.618. The van der Waals surface area contributed by atoms with Crippen molar-refractivity contribution in [3.8, 4) is 0 Å². The molecule has 1 aliphatic rings. The Balaban J connectivity index is 1.89. The first-order valence-electron chi connectivity index (χ1n) is 11.7. The van der Waals surface area contributed by atoms with Gasteiger partial charge in [0, 0.05) is 11.7 Å². The summed E-state index contributed by atoms with van der Waals surface area (Å²) < 4.78 is 5.26. The number of anilines is 1. The number of hydrogen-bond donors (Lipinski definition) is 2. The smallest absolute Gasteiger partial charge is 0.408 e. The van der Waals surface area contributed by atoms with Crippen molar-refractivity contribution < 1.29 is 19.1 Å². The molecule has 3 amide bonds. The van der Waals surface area contributed by atoms with Crippen molar-refractivity contribution in [3.05, 3.63) is 65.2 Å². The van der Waals surface area contributed by atoms with E-state index < -0.39 is 17.7 Å². The van der Waals surface area contributed by atoms with E-state index in [0.29, 0.717) is 0 Å². The average molecular weight is 466 g/mol. The van der Waals surface area contributed by atoms with Crippen molar-refractivity contribution in [3.63, 3.8) is 0 Å². The summed E-state index contributed by atoms with van der Waals surface area (Å²) in [6.45, 7) is 11.0. The molecule has 1 saturated carbocycles. The molecule has 0 spiro atoms. The monoisotopic (exact) mass is 465 g/mol. The number of ether oxygens (including phenoxy) is 1. The maximum Gasteiger partial charge on any atom is 0.408 e. The summed E-state index contributed by atoms with van der Waals surface area (Å²) in [7, 11) is 0. The third-order valence-electron chi connectivity index (χ3n) is 5.87. The summed E-state index contributed by atoms with van der Waals surface area (Å²) in [4.78, 5) is 40.9. The molecule has 0 aliphatic heterocycles. The van der Waals surface area contributed by atoms with Crippen LogP contribution in [-0.2, 0) is 14.3 Å². The van der Waals surface area contributed by atoms with Gasteiger partial charge in [0.15, 0.2) is 0 Å². The molecule has 0 bridgehead atoms. The Bertz CT molecular complexity index is 1030.